The largest absolute Gasteiger partial charge is 0.393 e. The van der Waals surface area contributed by atoms with Crippen LogP contribution in [0.15, 0.2) is 0 Å². The fourth-order valence-electron chi connectivity index (χ4n) is 0.886. The summed E-state index contributed by atoms with van der Waals surface area (Å²) in [6, 6.07) is 0. The molecular formula is C14H44O. The van der Waals surface area contributed by atoms with Gasteiger partial charge in [0.15, 0.2) is 0 Å². The average molecular weight is 229 g/mol. The van der Waals surface area contributed by atoms with Crippen LogP contribution in [0.5, 0.6) is 0 Å². The van der Waals surface area contributed by atoms with Crippen LogP contribution in [0.4, 0.5) is 0 Å². The zero-order chi connectivity index (χ0) is 6.78. The zero-order valence-electron chi connectivity index (χ0n) is 6.23. The molecule has 1 nitrogen and oxygen atoms in total. The number of aliphatic hydroxyl groups excluding tert-OH is 1. The van der Waals surface area contributed by atoms with Crippen molar-refractivity contribution in [1.82, 2.24) is 0 Å². The summed E-state index contributed by atoms with van der Waals surface area (Å²) in [6.07, 6.45) is 0.725. The molecule has 0 fully saturated rings. The van der Waals surface area contributed by atoms with Crippen molar-refractivity contribution in [3.8, 4) is 0 Å². The number of hydrogen-bond donors (Lipinski definition) is 1. The summed E-state index contributed by atoms with van der Waals surface area (Å²) in [5, 5.41) is 8.89. The maximum absolute atomic E-state index is 8.89. The molecule has 0 saturated heterocycles. The van der Waals surface area contributed by atoms with E-state index < -0.39 is 0 Å². The van der Waals surface area contributed by atoms with Crippen molar-refractivity contribution < 1.29 is 5.11 Å². The first-order valence-electron chi connectivity index (χ1n) is 3.10. The number of rotatable bonds is 1. The zero-order valence-corrected chi connectivity index (χ0v) is 6.23. The molecule has 0 aromatic heterocycles. The fourth-order valence-corrected chi connectivity index (χ4v) is 0.886. The topological polar surface area (TPSA) is 20.2 Å². The number of aliphatic hydroxyl groups is 1. The quantitative estimate of drug-likeness (QED) is 0.562. The van der Waals surface area contributed by atoms with E-state index in [1.807, 2.05) is 6.92 Å². The molecule has 1 atom stereocenters. The minimum absolute atomic E-state index is 0. The lowest BCUT2D eigenvalue weighted by Crippen LogP contribution is -2.13. The van der Waals surface area contributed by atoms with Crippen LogP contribution in [-0.2, 0) is 0 Å². The normalized spacial score (nSPS) is 8.60. The molecule has 0 unspecified atom stereocenters. The van der Waals surface area contributed by atoms with Gasteiger partial charge >= 0.3 is 0 Å². The Bertz CT molecular complexity index is 60.2. The lowest BCUT2D eigenvalue weighted by molar-refractivity contribution is 0.138. The highest BCUT2D eigenvalue weighted by Crippen LogP contribution is 2.19. The van der Waals surface area contributed by atoms with Gasteiger partial charge in [-0.05, 0) is 18.8 Å². The third-order valence-electron chi connectivity index (χ3n) is 0.908. The van der Waals surface area contributed by atoms with Crippen molar-refractivity contribution >= 4 is 0 Å². The molecule has 0 bridgehead atoms. The van der Waals surface area contributed by atoms with E-state index in [9.17, 15) is 0 Å². The van der Waals surface area contributed by atoms with Crippen molar-refractivity contribution in [3.63, 3.8) is 0 Å². The van der Waals surface area contributed by atoms with Crippen LogP contribution in [-0.4, -0.2) is 11.2 Å². The molecule has 0 amide bonds. The van der Waals surface area contributed by atoms with E-state index >= 15 is 0 Å². The van der Waals surface area contributed by atoms with E-state index in [-0.39, 0.29) is 63.5 Å². The highest BCUT2D eigenvalue weighted by atomic mass is 16.3. The molecule has 0 aliphatic carbocycles. The summed E-state index contributed by atoms with van der Waals surface area (Å²) in [6.45, 7) is 8.20. The van der Waals surface area contributed by atoms with Gasteiger partial charge in [0.1, 0.15) is 0 Å². The molecule has 0 radical (unpaired) electrons. The van der Waals surface area contributed by atoms with Gasteiger partial charge in [0, 0.05) is 0 Å². The summed E-state index contributed by atoms with van der Waals surface area (Å²) in [7, 11) is 0. The van der Waals surface area contributed by atoms with Gasteiger partial charge in [0.05, 0.1) is 6.10 Å². The summed E-state index contributed by atoms with van der Waals surface area (Å²) in [5.41, 5.74) is 0.272. The van der Waals surface area contributed by atoms with Crippen molar-refractivity contribution in [2.45, 2.75) is 92.2 Å². The van der Waals surface area contributed by atoms with Gasteiger partial charge in [-0.1, -0.05) is 72.8 Å². The molecular weight excluding hydrogens is 184 g/mol. The lowest BCUT2D eigenvalue weighted by atomic mass is 9.90. The van der Waals surface area contributed by atoms with Gasteiger partial charge < -0.3 is 5.11 Å². The van der Waals surface area contributed by atoms with Crippen LogP contribution in [0.2, 0.25) is 0 Å². The SMILES string of the molecule is C.C.C.C.C.C.C.C[C@@H](O)CC(C)(C)C. The van der Waals surface area contributed by atoms with E-state index in [1.165, 1.54) is 0 Å². The Kier molecular flexibility index (Phi) is 94.8. The molecule has 15 heavy (non-hydrogen) atoms. The summed E-state index contributed by atoms with van der Waals surface area (Å²) in [5.74, 6) is 0. The van der Waals surface area contributed by atoms with Gasteiger partial charge in [0.2, 0.25) is 0 Å². The minimum Gasteiger partial charge on any atom is -0.393 e. The molecule has 0 rings (SSSR count). The predicted molar refractivity (Wildman–Crippen MR) is 82.9 cm³/mol. The van der Waals surface area contributed by atoms with Crippen molar-refractivity contribution in [2.24, 2.45) is 5.41 Å². The highest BCUT2D eigenvalue weighted by molar-refractivity contribution is 4.63. The van der Waals surface area contributed by atoms with Gasteiger partial charge in [-0.2, -0.15) is 0 Å². The first kappa shape index (κ1) is 60.2. The Morgan fingerprint density at radius 1 is 0.800 bits per heavy atom. The van der Waals surface area contributed by atoms with E-state index in [0.29, 0.717) is 0 Å². The van der Waals surface area contributed by atoms with Gasteiger partial charge in [-0.3, -0.25) is 0 Å². The van der Waals surface area contributed by atoms with E-state index in [0.717, 1.165) is 6.42 Å². The van der Waals surface area contributed by atoms with E-state index in [1.54, 1.807) is 0 Å². The highest BCUT2D eigenvalue weighted by Gasteiger charge is 2.12. The second-order valence-electron chi connectivity index (χ2n) is 3.61. The first-order chi connectivity index (χ1) is 3.42. The third-order valence-corrected chi connectivity index (χ3v) is 0.908. The molecule has 1 N–H and O–H groups in total. The predicted octanol–water partition coefficient (Wildman–Crippen LogP) is 6.26. The maximum Gasteiger partial charge on any atom is 0.0517 e. The van der Waals surface area contributed by atoms with Crippen LogP contribution in [0, 0.1) is 5.41 Å². The molecule has 0 aliphatic rings. The van der Waals surface area contributed by atoms with Crippen LogP contribution >= 0.6 is 0 Å². The molecule has 0 saturated carbocycles. The first-order valence-corrected chi connectivity index (χ1v) is 3.10. The molecule has 0 aromatic rings. The van der Waals surface area contributed by atoms with Crippen LogP contribution in [0.25, 0.3) is 0 Å². The van der Waals surface area contributed by atoms with Gasteiger partial charge in [0.25, 0.3) is 0 Å². The number of hydrogen-bond acceptors (Lipinski definition) is 1. The van der Waals surface area contributed by atoms with Crippen LogP contribution in [0.3, 0.4) is 0 Å². The Balaban J connectivity index is -0.0000000117. The van der Waals surface area contributed by atoms with Crippen LogP contribution < -0.4 is 0 Å². The second kappa shape index (κ2) is 23.6. The maximum atomic E-state index is 8.89. The molecule has 1 heteroatoms. The molecule has 0 aromatic carbocycles. The molecule has 0 heterocycles. The Hall–Kier alpha value is -0.0400. The van der Waals surface area contributed by atoms with Gasteiger partial charge in [-0.15, -0.1) is 0 Å². The Labute approximate surface area is 103 Å². The van der Waals surface area contributed by atoms with E-state index in [2.05, 4.69) is 20.8 Å². The minimum atomic E-state index is -0.157. The summed E-state index contributed by atoms with van der Waals surface area (Å²) >= 11 is 0. The van der Waals surface area contributed by atoms with Crippen LogP contribution in [0.1, 0.15) is 86.1 Å². The average Bonchev–Trinajstić information content (AvgIpc) is 1.21. The third kappa shape index (κ3) is 81.2. The lowest BCUT2D eigenvalue weighted by Gasteiger charge is -2.19. The smallest absolute Gasteiger partial charge is 0.0517 e. The van der Waals surface area contributed by atoms with Crippen molar-refractivity contribution in [1.29, 1.82) is 0 Å². The fraction of sp³-hybridized carbons (Fsp3) is 1.00. The molecule has 106 valence electrons. The van der Waals surface area contributed by atoms with Crippen molar-refractivity contribution in [2.75, 3.05) is 0 Å². The Morgan fingerprint density at radius 3 is 1.00 bits per heavy atom. The summed E-state index contributed by atoms with van der Waals surface area (Å²) < 4.78 is 0. The molecule has 0 spiro atoms. The summed E-state index contributed by atoms with van der Waals surface area (Å²) in [4.78, 5) is 0. The van der Waals surface area contributed by atoms with Crippen molar-refractivity contribution in [3.05, 3.63) is 0 Å². The second-order valence-corrected chi connectivity index (χ2v) is 3.61. The Morgan fingerprint density at radius 2 is 1.00 bits per heavy atom. The molecule has 0 aliphatic heterocycles. The monoisotopic (exact) mass is 228 g/mol. The van der Waals surface area contributed by atoms with Gasteiger partial charge in [-0.25, -0.2) is 0 Å². The van der Waals surface area contributed by atoms with E-state index in [4.69, 9.17) is 5.11 Å². The standard InChI is InChI=1S/C7H16O.7CH4/c1-6(8)5-7(2,3)4;;;;;;;/h6,8H,5H2,1-4H3;7*1H4/t6-;;;;;;;/m1......./s1.